The molecule has 4 rings (SSSR count). The van der Waals surface area contributed by atoms with Crippen LogP contribution in [0.3, 0.4) is 0 Å². The predicted molar refractivity (Wildman–Crippen MR) is 122 cm³/mol. The number of thiazole rings is 1. The molecule has 8 heteroatoms. The van der Waals surface area contributed by atoms with E-state index >= 15 is 0 Å². The summed E-state index contributed by atoms with van der Waals surface area (Å²) < 4.78 is 6.98. The van der Waals surface area contributed by atoms with Crippen molar-refractivity contribution in [2.24, 2.45) is 0 Å². The zero-order valence-corrected chi connectivity index (χ0v) is 18.0. The Balaban J connectivity index is 1.49. The van der Waals surface area contributed by atoms with Crippen LogP contribution in [-0.4, -0.2) is 9.91 Å². The zero-order valence-electron chi connectivity index (χ0n) is 15.6. The van der Waals surface area contributed by atoms with E-state index in [1.54, 1.807) is 12.1 Å². The molecule has 0 bridgehead atoms. The van der Waals surface area contributed by atoms with E-state index in [1.165, 1.54) is 23.5 Å². The Labute approximate surface area is 185 Å². The second kappa shape index (κ2) is 9.06. The highest BCUT2D eigenvalue weighted by molar-refractivity contribution is 9.10. The number of hydrogen-bond acceptors (Lipinski definition) is 6. The van der Waals surface area contributed by atoms with E-state index in [1.807, 2.05) is 53.9 Å². The minimum Gasteiger partial charge on any atom is -0.488 e. The maximum atomic E-state index is 10.8. The van der Waals surface area contributed by atoms with Gasteiger partial charge in [-0.2, -0.15) is 0 Å². The van der Waals surface area contributed by atoms with Crippen LogP contribution in [0.5, 0.6) is 5.75 Å². The van der Waals surface area contributed by atoms with Crippen LogP contribution in [0.2, 0.25) is 0 Å². The molecule has 0 unspecified atom stereocenters. The summed E-state index contributed by atoms with van der Waals surface area (Å²) in [5.74, 6) is 0.704. The highest BCUT2D eigenvalue weighted by atomic mass is 79.9. The van der Waals surface area contributed by atoms with Crippen molar-refractivity contribution in [3.63, 3.8) is 0 Å². The molecule has 0 spiro atoms. The first-order valence-electron chi connectivity index (χ1n) is 9.02. The molecule has 30 heavy (non-hydrogen) atoms. The van der Waals surface area contributed by atoms with Gasteiger partial charge in [0.2, 0.25) is 0 Å². The summed E-state index contributed by atoms with van der Waals surface area (Å²) in [6, 6.07) is 21.9. The summed E-state index contributed by atoms with van der Waals surface area (Å²) in [6.07, 6.45) is 0. The molecule has 0 amide bonds. The summed E-state index contributed by atoms with van der Waals surface area (Å²) in [6.45, 7) is 0.308. The molecule has 3 aromatic carbocycles. The van der Waals surface area contributed by atoms with E-state index in [2.05, 4.69) is 26.2 Å². The molecule has 150 valence electrons. The van der Waals surface area contributed by atoms with Crippen LogP contribution in [0, 0.1) is 10.1 Å². The molecular formula is C22H16BrN3O3S. The maximum Gasteiger partial charge on any atom is 0.269 e. The Bertz CT molecular complexity index is 1180. The first-order chi connectivity index (χ1) is 14.6. The molecule has 0 aliphatic heterocycles. The van der Waals surface area contributed by atoms with Crippen molar-refractivity contribution in [1.29, 1.82) is 0 Å². The number of nitro groups is 1. The van der Waals surface area contributed by atoms with Gasteiger partial charge in [0.15, 0.2) is 5.13 Å². The third kappa shape index (κ3) is 4.84. The van der Waals surface area contributed by atoms with Crippen LogP contribution in [0.1, 0.15) is 5.56 Å². The normalized spacial score (nSPS) is 10.6. The minimum atomic E-state index is -0.415. The largest absolute Gasteiger partial charge is 0.488 e. The zero-order chi connectivity index (χ0) is 20.9. The number of nitrogens with zero attached hydrogens (tertiary/aromatic N) is 2. The second-order valence-corrected chi connectivity index (χ2v) is 8.16. The molecular weight excluding hydrogens is 466 g/mol. The Morgan fingerprint density at radius 3 is 2.63 bits per heavy atom. The van der Waals surface area contributed by atoms with Crippen LogP contribution in [0.4, 0.5) is 16.5 Å². The highest BCUT2D eigenvalue weighted by Gasteiger charge is 2.11. The van der Waals surface area contributed by atoms with Gasteiger partial charge in [-0.1, -0.05) is 34.1 Å². The van der Waals surface area contributed by atoms with Crippen LogP contribution >= 0.6 is 27.3 Å². The molecule has 6 nitrogen and oxygen atoms in total. The number of hydrogen-bond donors (Lipinski definition) is 1. The summed E-state index contributed by atoms with van der Waals surface area (Å²) in [7, 11) is 0. The SMILES string of the molecule is O=[N+]([O-])c1ccc(COc2ccccc2-c2csc(Nc3cccc(Br)c3)n2)cc1. The van der Waals surface area contributed by atoms with E-state index < -0.39 is 4.92 Å². The molecule has 0 aliphatic rings. The van der Waals surface area contributed by atoms with Gasteiger partial charge < -0.3 is 10.1 Å². The minimum absolute atomic E-state index is 0.0621. The van der Waals surface area contributed by atoms with Gasteiger partial charge in [0.1, 0.15) is 12.4 Å². The van der Waals surface area contributed by atoms with Crippen LogP contribution < -0.4 is 10.1 Å². The number of nitrogens with one attached hydrogen (secondary N) is 1. The fourth-order valence-corrected chi connectivity index (χ4v) is 3.95. The molecule has 0 saturated carbocycles. The van der Waals surface area contributed by atoms with Crippen LogP contribution in [0.15, 0.2) is 82.6 Å². The lowest BCUT2D eigenvalue weighted by molar-refractivity contribution is -0.384. The standard InChI is InChI=1S/C22H16BrN3O3S/c23-16-4-3-5-17(12-16)24-22-25-20(14-30-22)19-6-1-2-7-21(19)29-13-15-8-10-18(11-9-15)26(27)28/h1-12,14H,13H2,(H,24,25). The smallest absolute Gasteiger partial charge is 0.269 e. The van der Waals surface area contributed by atoms with Gasteiger partial charge in [-0.25, -0.2) is 4.98 Å². The van der Waals surface area contributed by atoms with Crippen molar-refractivity contribution in [3.8, 4) is 17.0 Å². The number of benzene rings is 3. The van der Waals surface area contributed by atoms with Crippen molar-refractivity contribution in [2.75, 3.05) is 5.32 Å². The van der Waals surface area contributed by atoms with E-state index in [-0.39, 0.29) is 5.69 Å². The molecule has 0 saturated heterocycles. The summed E-state index contributed by atoms with van der Waals surface area (Å²) in [5.41, 5.74) is 3.57. The number of ether oxygens (including phenoxy) is 1. The first-order valence-corrected chi connectivity index (χ1v) is 10.7. The first kappa shape index (κ1) is 20.1. The fraction of sp³-hybridized carbons (Fsp3) is 0.0455. The Morgan fingerprint density at radius 1 is 1.07 bits per heavy atom. The van der Waals surface area contributed by atoms with Gasteiger partial charge in [0.25, 0.3) is 5.69 Å². The van der Waals surface area contributed by atoms with Gasteiger partial charge in [-0.15, -0.1) is 11.3 Å². The monoisotopic (exact) mass is 481 g/mol. The summed E-state index contributed by atoms with van der Waals surface area (Å²) in [4.78, 5) is 15.1. The molecule has 1 heterocycles. The lowest BCUT2D eigenvalue weighted by Crippen LogP contribution is -1.98. The van der Waals surface area contributed by atoms with E-state index in [9.17, 15) is 10.1 Å². The number of non-ortho nitro benzene ring substituents is 1. The number of nitro benzene ring substituents is 1. The topological polar surface area (TPSA) is 77.3 Å². The molecule has 0 radical (unpaired) electrons. The lowest BCUT2D eigenvalue weighted by atomic mass is 10.1. The highest BCUT2D eigenvalue weighted by Crippen LogP contribution is 2.33. The summed E-state index contributed by atoms with van der Waals surface area (Å²) >= 11 is 4.98. The Kier molecular flexibility index (Phi) is 6.06. The van der Waals surface area contributed by atoms with Crippen molar-refractivity contribution in [3.05, 3.63) is 98.3 Å². The Morgan fingerprint density at radius 2 is 1.87 bits per heavy atom. The number of para-hydroxylation sites is 1. The number of halogens is 1. The molecule has 1 aromatic heterocycles. The predicted octanol–water partition coefficient (Wildman–Crippen LogP) is 6.80. The molecule has 0 fully saturated rings. The van der Waals surface area contributed by atoms with Gasteiger partial charge >= 0.3 is 0 Å². The molecule has 0 atom stereocenters. The van der Waals surface area contributed by atoms with E-state index in [4.69, 9.17) is 4.74 Å². The summed E-state index contributed by atoms with van der Waals surface area (Å²) in [5, 5.41) is 16.9. The van der Waals surface area contributed by atoms with Crippen molar-refractivity contribution in [2.45, 2.75) is 6.61 Å². The van der Waals surface area contributed by atoms with Crippen LogP contribution in [0.25, 0.3) is 11.3 Å². The molecule has 4 aromatic rings. The maximum absolute atomic E-state index is 10.8. The average molecular weight is 482 g/mol. The third-order valence-corrected chi connectivity index (χ3v) is 5.54. The molecule has 0 aliphatic carbocycles. The third-order valence-electron chi connectivity index (χ3n) is 4.28. The van der Waals surface area contributed by atoms with Gasteiger partial charge in [-0.05, 0) is 48.0 Å². The van der Waals surface area contributed by atoms with Gasteiger partial charge in [0, 0.05) is 33.2 Å². The van der Waals surface area contributed by atoms with E-state index in [0.29, 0.717) is 12.4 Å². The lowest BCUT2D eigenvalue weighted by Gasteiger charge is -2.10. The second-order valence-electron chi connectivity index (χ2n) is 6.38. The van der Waals surface area contributed by atoms with Gasteiger partial charge in [0.05, 0.1) is 10.6 Å². The number of anilines is 2. The van der Waals surface area contributed by atoms with Crippen molar-refractivity contribution in [1.82, 2.24) is 4.98 Å². The van der Waals surface area contributed by atoms with Crippen molar-refractivity contribution < 1.29 is 9.66 Å². The quantitative estimate of drug-likeness (QED) is 0.232. The van der Waals surface area contributed by atoms with E-state index in [0.717, 1.165) is 32.1 Å². The fourth-order valence-electron chi connectivity index (χ4n) is 2.82. The number of aromatic nitrogens is 1. The van der Waals surface area contributed by atoms with Crippen LogP contribution in [-0.2, 0) is 6.61 Å². The Hall–Kier alpha value is -3.23. The molecule has 1 N–H and O–H groups in total. The average Bonchev–Trinajstić information content (AvgIpc) is 3.21. The van der Waals surface area contributed by atoms with Gasteiger partial charge in [-0.3, -0.25) is 10.1 Å². The van der Waals surface area contributed by atoms with Crippen molar-refractivity contribution >= 4 is 43.8 Å². The number of rotatable bonds is 7.